The zero-order valence-corrected chi connectivity index (χ0v) is 19.0. The highest BCUT2D eigenvalue weighted by Gasteiger charge is 2.24. The maximum atomic E-state index is 13.8. The summed E-state index contributed by atoms with van der Waals surface area (Å²) in [4.78, 5) is 12.6. The summed E-state index contributed by atoms with van der Waals surface area (Å²) in [6, 6.07) is 21.3. The number of halogens is 5. The molecule has 0 saturated carbocycles. The zero-order chi connectivity index (χ0) is 25.8. The maximum Gasteiger partial charge on any atom is 0.200 e. The number of ketones is 1. The van der Waals surface area contributed by atoms with Crippen LogP contribution in [-0.4, -0.2) is 5.78 Å². The number of benzene rings is 4. The number of hydrogen-bond donors (Lipinski definition) is 0. The molecule has 0 bridgehead atoms. The molecule has 180 valence electrons. The molecule has 0 amide bonds. The summed E-state index contributed by atoms with van der Waals surface area (Å²) in [6.45, 7) is 1.96. The predicted molar refractivity (Wildman–Crippen MR) is 132 cm³/mol. The van der Waals surface area contributed by atoms with Gasteiger partial charge in [-0.15, -0.1) is 0 Å². The van der Waals surface area contributed by atoms with E-state index in [0.29, 0.717) is 16.7 Å². The van der Waals surface area contributed by atoms with E-state index in [1.807, 2.05) is 43.3 Å². The van der Waals surface area contributed by atoms with Crippen molar-refractivity contribution in [2.45, 2.75) is 6.92 Å². The minimum absolute atomic E-state index is 0.0555. The Balaban J connectivity index is 1.44. The molecule has 0 saturated heterocycles. The van der Waals surface area contributed by atoms with Gasteiger partial charge in [-0.3, -0.25) is 4.79 Å². The second kappa shape index (κ2) is 10.5. The molecule has 0 aliphatic rings. The Kier molecular flexibility index (Phi) is 7.25. The average Bonchev–Trinajstić information content (AvgIpc) is 2.90. The third-order valence-electron chi connectivity index (χ3n) is 5.58. The van der Waals surface area contributed by atoms with Crippen molar-refractivity contribution < 1.29 is 26.7 Å². The molecule has 0 spiro atoms. The van der Waals surface area contributed by atoms with E-state index in [2.05, 4.69) is 0 Å². The molecule has 0 radical (unpaired) electrons. The minimum atomic E-state index is -2.19. The van der Waals surface area contributed by atoms with Crippen LogP contribution in [0.5, 0.6) is 0 Å². The van der Waals surface area contributed by atoms with Gasteiger partial charge < -0.3 is 0 Å². The molecule has 0 aliphatic carbocycles. The summed E-state index contributed by atoms with van der Waals surface area (Å²) < 4.78 is 67.4. The van der Waals surface area contributed by atoms with Crippen LogP contribution in [0.1, 0.15) is 43.7 Å². The van der Waals surface area contributed by atoms with Crippen molar-refractivity contribution in [3.8, 4) is 0 Å². The van der Waals surface area contributed by atoms with Crippen molar-refractivity contribution in [1.29, 1.82) is 0 Å². The summed E-state index contributed by atoms with van der Waals surface area (Å²) >= 11 is 0. The molecule has 4 aromatic rings. The second-order valence-corrected chi connectivity index (χ2v) is 8.13. The van der Waals surface area contributed by atoms with E-state index in [0.717, 1.165) is 22.8 Å². The number of rotatable bonds is 6. The Morgan fingerprint density at radius 3 is 1.28 bits per heavy atom. The summed E-state index contributed by atoms with van der Waals surface area (Å²) in [6.07, 6.45) is 5.81. The lowest BCUT2D eigenvalue weighted by Gasteiger charge is -2.04. The van der Waals surface area contributed by atoms with Crippen LogP contribution in [0.3, 0.4) is 0 Å². The van der Waals surface area contributed by atoms with Crippen LogP contribution in [0.25, 0.3) is 24.3 Å². The van der Waals surface area contributed by atoms with Crippen LogP contribution >= 0.6 is 0 Å². The molecule has 4 aromatic carbocycles. The van der Waals surface area contributed by atoms with Crippen molar-refractivity contribution >= 4 is 30.1 Å². The van der Waals surface area contributed by atoms with Gasteiger partial charge in [-0.2, -0.15) is 0 Å². The van der Waals surface area contributed by atoms with Crippen molar-refractivity contribution in [1.82, 2.24) is 0 Å². The predicted octanol–water partition coefficient (Wildman–Crippen LogP) is 8.26. The summed E-state index contributed by atoms with van der Waals surface area (Å²) in [5.74, 6) is -9.98. The number of carbonyl (C=O) groups excluding carboxylic acids is 1. The molecule has 0 fully saturated rings. The normalized spacial score (nSPS) is 11.5. The molecule has 0 unspecified atom stereocenters. The van der Waals surface area contributed by atoms with Gasteiger partial charge in [0.1, 0.15) is 0 Å². The summed E-state index contributed by atoms with van der Waals surface area (Å²) in [7, 11) is 0. The lowest BCUT2D eigenvalue weighted by atomic mass is 10.0. The van der Waals surface area contributed by atoms with Gasteiger partial charge in [-0.1, -0.05) is 96.6 Å². The molecular formula is C30H19F5O. The molecule has 4 rings (SSSR count). The first-order valence-electron chi connectivity index (χ1n) is 10.9. The average molecular weight is 490 g/mol. The molecule has 6 heteroatoms. The first kappa shape index (κ1) is 24.8. The lowest BCUT2D eigenvalue weighted by molar-refractivity contribution is 0.103. The van der Waals surface area contributed by atoms with E-state index in [1.54, 1.807) is 48.5 Å². The van der Waals surface area contributed by atoms with Crippen LogP contribution in [0.2, 0.25) is 0 Å². The number of carbonyl (C=O) groups is 1. The molecular weight excluding hydrogens is 471 g/mol. The largest absolute Gasteiger partial charge is 0.289 e. The van der Waals surface area contributed by atoms with Gasteiger partial charge in [-0.25, -0.2) is 22.0 Å². The highest BCUT2D eigenvalue weighted by molar-refractivity contribution is 6.09. The Hall–Kier alpha value is -4.32. The first-order valence-corrected chi connectivity index (χ1v) is 10.9. The van der Waals surface area contributed by atoms with E-state index in [4.69, 9.17) is 0 Å². The van der Waals surface area contributed by atoms with Crippen LogP contribution in [0.4, 0.5) is 22.0 Å². The van der Waals surface area contributed by atoms with Gasteiger partial charge in [0, 0.05) is 11.1 Å². The maximum absolute atomic E-state index is 13.8. The third-order valence-corrected chi connectivity index (χ3v) is 5.58. The number of aryl methyl sites for hydroxylation is 1. The van der Waals surface area contributed by atoms with Crippen LogP contribution in [0, 0.1) is 36.0 Å². The van der Waals surface area contributed by atoms with Gasteiger partial charge >= 0.3 is 0 Å². The van der Waals surface area contributed by atoms with Crippen LogP contribution < -0.4 is 0 Å². The van der Waals surface area contributed by atoms with Gasteiger partial charge in [0.05, 0.1) is 5.56 Å². The van der Waals surface area contributed by atoms with Crippen molar-refractivity contribution in [2.75, 3.05) is 0 Å². The molecule has 0 aromatic heterocycles. The first-order chi connectivity index (χ1) is 17.2. The lowest BCUT2D eigenvalue weighted by Crippen LogP contribution is -2.03. The monoisotopic (exact) mass is 490 g/mol. The molecule has 0 atom stereocenters. The minimum Gasteiger partial charge on any atom is -0.289 e. The van der Waals surface area contributed by atoms with E-state index in [1.165, 1.54) is 6.08 Å². The highest BCUT2D eigenvalue weighted by Crippen LogP contribution is 2.25. The molecule has 0 aliphatic heterocycles. The van der Waals surface area contributed by atoms with E-state index < -0.39 is 34.6 Å². The van der Waals surface area contributed by atoms with Gasteiger partial charge in [0.25, 0.3) is 0 Å². The highest BCUT2D eigenvalue weighted by atomic mass is 19.2. The fraction of sp³-hybridized carbons (Fsp3) is 0.0333. The van der Waals surface area contributed by atoms with Crippen molar-refractivity contribution in [2.24, 2.45) is 0 Å². The Bertz CT molecular complexity index is 1440. The summed E-state index contributed by atoms with van der Waals surface area (Å²) in [5, 5.41) is 0. The van der Waals surface area contributed by atoms with E-state index in [-0.39, 0.29) is 5.78 Å². The Labute approximate surface area is 204 Å². The molecule has 1 nitrogen and oxygen atoms in total. The molecule has 36 heavy (non-hydrogen) atoms. The van der Waals surface area contributed by atoms with E-state index in [9.17, 15) is 26.7 Å². The van der Waals surface area contributed by atoms with Crippen molar-refractivity contribution in [3.63, 3.8) is 0 Å². The molecule has 0 heterocycles. The van der Waals surface area contributed by atoms with Crippen molar-refractivity contribution in [3.05, 3.63) is 141 Å². The standard InChI is InChI=1S/C30H19F5O/c1-18-2-13-22(14-3-18)30(36)23-15-10-21(11-16-23)9-6-19-4-7-20(8-5-19)12-17-24-25(31)27(33)29(35)28(34)26(24)32/h2-17H,1H3/b9-6+,17-12+. The Morgan fingerprint density at radius 2 is 0.833 bits per heavy atom. The van der Waals surface area contributed by atoms with E-state index >= 15 is 0 Å². The fourth-order valence-electron chi connectivity index (χ4n) is 3.48. The van der Waals surface area contributed by atoms with Crippen LogP contribution in [-0.2, 0) is 0 Å². The molecule has 0 N–H and O–H groups in total. The second-order valence-electron chi connectivity index (χ2n) is 8.13. The topological polar surface area (TPSA) is 17.1 Å². The smallest absolute Gasteiger partial charge is 0.200 e. The number of hydrogen-bond acceptors (Lipinski definition) is 1. The Morgan fingerprint density at radius 1 is 0.500 bits per heavy atom. The quantitative estimate of drug-likeness (QED) is 0.0874. The third kappa shape index (κ3) is 5.33. The van der Waals surface area contributed by atoms with Crippen LogP contribution in [0.15, 0.2) is 72.8 Å². The van der Waals surface area contributed by atoms with Gasteiger partial charge in [0.2, 0.25) is 5.82 Å². The zero-order valence-electron chi connectivity index (χ0n) is 19.0. The van der Waals surface area contributed by atoms with Gasteiger partial charge in [-0.05, 0) is 29.7 Å². The van der Waals surface area contributed by atoms with Gasteiger partial charge in [0.15, 0.2) is 29.1 Å². The summed E-state index contributed by atoms with van der Waals surface area (Å²) in [5.41, 5.74) is 3.50. The SMILES string of the molecule is Cc1ccc(C(=O)c2ccc(/C=C/c3ccc(/C=C/c4c(F)c(F)c(F)c(F)c4F)cc3)cc2)cc1. The fourth-order valence-corrected chi connectivity index (χ4v) is 3.48.